The molecule has 2 N–H and O–H groups in total. The van der Waals surface area contributed by atoms with Crippen LogP contribution in [0.25, 0.3) is 0 Å². The van der Waals surface area contributed by atoms with Crippen molar-refractivity contribution in [1.82, 2.24) is 0 Å². The lowest BCUT2D eigenvalue weighted by Gasteiger charge is -2.19. The number of rotatable bonds is 7. The Morgan fingerprint density at radius 1 is 1.00 bits per heavy atom. The third-order valence-corrected chi connectivity index (χ3v) is 2.70. The van der Waals surface area contributed by atoms with E-state index in [0.717, 1.165) is 25.7 Å². The predicted molar refractivity (Wildman–Crippen MR) is 74.4 cm³/mol. The predicted octanol–water partition coefficient (Wildman–Crippen LogP) is 4.36. The molecule has 0 aromatic heterocycles. The fourth-order valence-corrected chi connectivity index (χ4v) is 1.25. The van der Waals surface area contributed by atoms with Gasteiger partial charge < -0.3 is 5.73 Å². The minimum Gasteiger partial charge on any atom is -0.322 e. The summed E-state index contributed by atoms with van der Waals surface area (Å²) in [5.41, 5.74) is 7.08. The molecule has 0 saturated heterocycles. The molecule has 0 spiro atoms. The van der Waals surface area contributed by atoms with Crippen molar-refractivity contribution in [2.24, 2.45) is 5.73 Å². The van der Waals surface area contributed by atoms with Gasteiger partial charge in [-0.05, 0) is 53.4 Å². The van der Waals surface area contributed by atoms with Gasteiger partial charge in [0.2, 0.25) is 0 Å². The van der Waals surface area contributed by atoms with E-state index in [1.54, 1.807) is 0 Å². The minimum atomic E-state index is -0.171. The van der Waals surface area contributed by atoms with Gasteiger partial charge >= 0.3 is 0 Å². The van der Waals surface area contributed by atoms with Crippen LogP contribution in [0.5, 0.6) is 0 Å². The number of nitrogens with two attached hydrogens (primary N) is 1. The maximum Gasteiger partial charge on any atom is 0.0308 e. The fraction of sp³-hybridized carbons (Fsp3) is 0.600. The van der Waals surface area contributed by atoms with Gasteiger partial charge in [0.1, 0.15) is 0 Å². The van der Waals surface area contributed by atoms with Gasteiger partial charge in [-0.2, -0.15) is 0 Å². The third kappa shape index (κ3) is 8.49. The van der Waals surface area contributed by atoms with E-state index in [-0.39, 0.29) is 5.54 Å². The van der Waals surface area contributed by atoms with E-state index in [2.05, 4.69) is 44.2 Å². The van der Waals surface area contributed by atoms with Gasteiger partial charge in [0, 0.05) is 5.54 Å². The molecule has 0 aromatic rings. The van der Waals surface area contributed by atoms with Gasteiger partial charge in [-0.15, -0.1) is 0 Å². The summed E-state index contributed by atoms with van der Waals surface area (Å²) in [6.45, 7) is 8.26. The van der Waals surface area contributed by atoms with Crippen molar-refractivity contribution in [3.63, 3.8) is 0 Å². The highest BCUT2D eigenvalue weighted by Gasteiger charge is 2.11. The van der Waals surface area contributed by atoms with Crippen LogP contribution in [-0.4, -0.2) is 5.54 Å². The highest BCUT2D eigenvalue weighted by molar-refractivity contribution is 5.13. The highest BCUT2D eigenvalue weighted by atomic mass is 14.7. The summed E-state index contributed by atoms with van der Waals surface area (Å²) < 4.78 is 0. The Labute approximate surface area is 101 Å². The molecule has 0 bridgehead atoms. The molecule has 0 aliphatic rings. The molecule has 1 heteroatoms. The number of unbranched alkanes of at least 4 members (excludes halogenated alkanes) is 2. The van der Waals surface area contributed by atoms with E-state index in [1.807, 2.05) is 13.8 Å². The summed E-state index contributed by atoms with van der Waals surface area (Å²) in [7, 11) is 0. The molecule has 0 rings (SSSR count). The zero-order valence-corrected chi connectivity index (χ0v) is 11.3. The largest absolute Gasteiger partial charge is 0.322 e. The van der Waals surface area contributed by atoms with Gasteiger partial charge in [0.05, 0.1) is 0 Å². The van der Waals surface area contributed by atoms with E-state index in [1.165, 1.54) is 5.57 Å². The SMILES string of the molecule is CC=CCCC=CCCC=C(C)C(C)(C)N. The molecule has 0 aromatic carbocycles. The highest BCUT2D eigenvalue weighted by Crippen LogP contribution is 2.12. The van der Waals surface area contributed by atoms with Crippen LogP contribution >= 0.6 is 0 Å². The normalized spacial score (nSPS) is 14.2. The van der Waals surface area contributed by atoms with Crippen LogP contribution in [0.1, 0.15) is 53.4 Å². The van der Waals surface area contributed by atoms with Gasteiger partial charge in [-0.25, -0.2) is 0 Å². The van der Waals surface area contributed by atoms with E-state index < -0.39 is 0 Å². The van der Waals surface area contributed by atoms with Crippen LogP contribution in [0.2, 0.25) is 0 Å². The second-order valence-electron chi connectivity index (χ2n) is 4.80. The topological polar surface area (TPSA) is 26.0 Å². The molecule has 0 radical (unpaired) electrons. The molecule has 16 heavy (non-hydrogen) atoms. The lowest BCUT2D eigenvalue weighted by atomic mass is 9.96. The Hall–Kier alpha value is -0.820. The summed E-state index contributed by atoms with van der Waals surface area (Å²) in [4.78, 5) is 0. The second kappa shape index (κ2) is 8.35. The van der Waals surface area contributed by atoms with Crippen molar-refractivity contribution in [2.75, 3.05) is 0 Å². The minimum absolute atomic E-state index is 0.171. The summed E-state index contributed by atoms with van der Waals surface area (Å²) >= 11 is 0. The van der Waals surface area contributed by atoms with Gasteiger partial charge in [0.25, 0.3) is 0 Å². The monoisotopic (exact) mass is 221 g/mol. The maximum atomic E-state index is 5.98. The molecule has 0 unspecified atom stereocenters. The molecule has 0 aliphatic carbocycles. The van der Waals surface area contributed by atoms with Crippen LogP contribution in [0.3, 0.4) is 0 Å². The zero-order chi connectivity index (χ0) is 12.4. The van der Waals surface area contributed by atoms with Crippen molar-refractivity contribution in [3.05, 3.63) is 36.0 Å². The molecule has 0 aliphatic heterocycles. The second-order valence-corrected chi connectivity index (χ2v) is 4.80. The number of allylic oxidation sites excluding steroid dienone is 5. The van der Waals surface area contributed by atoms with Gasteiger partial charge in [0.15, 0.2) is 0 Å². The Kier molecular flexibility index (Phi) is 7.92. The quantitative estimate of drug-likeness (QED) is 0.501. The summed E-state index contributed by atoms with van der Waals surface area (Å²) in [5, 5.41) is 0. The average molecular weight is 221 g/mol. The molecule has 0 heterocycles. The molecule has 0 atom stereocenters. The van der Waals surface area contributed by atoms with Crippen molar-refractivity contribution in [2.45, 2.75) is 58.9 Å². The van der Waals surface area contributed by atoms with E-state index in [9.17, 15) is 0 Å². The lowest BCUT2D eigenvalue weighted by Crippen LogP contribution is -2.33. The molecular formula is C15H27N. The van der Waals surface area contributed by atoms with Crippen molar-refractivity contribution >= 4 is 0 Å². The number of hydrogen-bond acceptors (Lipinski definition) is 1. The first-order chi connectivity index (χ1) is 7.48. The smallest absolute Gasteiger partial charge is 0.0308 e. The molecule has 1 nitrogen and oxygen atoms in total. The number of hydrogen-bond donors (Lipinski definition) is 1. The Morgan fingerprint density at radius 2 is 1.50 bits per heavy atom. The summed E-state index contributed by atoms with van der Waals surface area (Å²) in [6.07, 6.45) is 15.6. The average Bonchev–Trinajstić information content (AvgIpc) is 2.20. The Bertz CT molecular complexity index is 251. The molecule has 92 valence electrons. The molecule has 0 amide bonds. The van der Waals surface area contributed by atoms with Crippen LogP contribution in [0, 0.1) is 0 Å². The van der Waals surface area contributed by atoms with Crippen LogP contribution in [-0.2, 0) is 0 Å². The van der Waals surface area contributed by atoms with Crippen molar-refractivity contribution in [3.8, 4) is 0 Å². The summed E-state index contributed by atoms with van der Waals surface area (Å²) in [5.74, 6) is 0. The summed E-state index contributed by atoms with van der Waals surface area (Å²) in [6, 6.07) is 0. The van der Waals surface area contributed by atoms with Crippen molar-refractivity contribution in [1.29, 1.82) is 0 Å². The first kappa shape index (κ1) is 15.2. The Morgan fingerprint density at radius 3 is 2.00 bits per heavy atom. The first-order valence-electron chi connectivity index (χ1n) is 6.20. The fourth-order valence-electron chi connectivity index (χ4n) is 1.25. The first-order valence-corrected chi connectivity index (χ1v) is 6.20. The van der Waals surface area contributed by atoms with Gasteiger partial charge in [-0.1, -0.05) is 36.0 Å². The van der Waals surface area contributed by atoms with Crippen LogP contribution in [0.15, 0.2) is 36.0 Å². The van der Waals surface area contributed by atoms with Crippen LogP contribution in [0.4, 0.5) is 0 Å². The molecular weight excluding hydrogens is 194 g/mol. The standard InChI is InChI=1S/C15H27N/c1-5-6-7-8-9-10-11-12-13-14(2)15(3,4)16/h5-6,9-10,13H,7-8,11-12,16H2,1-4H3. The third-order valence-electron chi connectivity index (χ3n) is 2.70. The molecule has 0 saturated carbocycles. The maximum absolute atomic E-state index is 5.98. The van der Waals surface area contributed by atoms with Crippen molar-refractivity contribution < 1.29 is 0 Å². The van der Waals surface area contributed by atoms with E-state index in [0.29, 0.717) is 0 Å². The van der Waals surface area contributed by atoms with E-state index >= 15 is 0 Å². The van der Waals surface area contributed by atoms with E-state index in [4.69, 9.17) is 5.73 Å². The Balaban J connectivity index is 3.67. The zero-order valence-electron chi connectivity index (χ0n) is 11.3. The van der Waals surface area contributed by atoms with Gasteiger partial charge in [-0.3, -0.25) is 0 Å². The van der Waals surface area contributed by atoms with Crippen LogP contribution < -0.4 is 5.73 Å². The lowest BCUT2D eigenvalue weighted by molar-refractivity contribution is 0.607. The molecule has 0 fully saturated rings.